The molecule has 0 amide bonds. The van der Waals surface area contributed by atoms with E-state index in [4.69, 9.17) is 10.5 Å². The molecule has 0 saturated carbocycles. The lowest BCUT2D eigenvalue weighted by molar-refractivity contribution is 0.398. The lowest BCUT2D eigenvalue weighted by atomic mass is 10.1. The minimum Gasteiger partial charge on any atom is -0.481 e. The molecule has 0 radical (unpaired) electrons. The Hall–Kier alpha value is -4.48. The predicted octanol–water partition coefficient (Wildman–Crippen LogP) is 4.08. The molecular formula is C23H19F3N8O. The van der Waals surface area contributed by atoms with Gasteiger partial charge in [-0.15, -0.1) is 5.10 Å². The summed E-state index contributed by atoms with van der Waals surface area (Å²) >= 11 is 0. The number of fused-ring (bicyclic) bond motifs is 1. The Morgan fingerprint density at radius 3 is 2.69 bits per heavy atom. The first-order chi connectivity index (χ1) is 16.9. The number of nitrogens with two attached hydrogens (primary N) is 1. The fraction of sp³-hybridized carbons (Fsp3) is 0.174. The molecule has 0 aliphatic carbocycles. The summed E-state index contributed by atoms with van der Waals surface area (Å²) in [5, 5.41) is 8.68. The Morgan fingerprint density at radius 2 is 1.91 bits per heavy atom. The van der Waals surface area contributed by atoms with Gasteiger partial charge in [0, 0.05) is 17.3 Å². The Kier molecular flexibility index (Phi) is 5.55. The van der Waals surface area contributed by atoms with Crippen molar-refractivity contribution in [3.05, 3.63) is 72.3 Å². The molecule has 1 atom stereocenters. The summed E-state index contributed by atoms with van der Waals surface area (Å²) in [7, 11) is 1.43. The number of ether oxygens (including phenoxy) is 1. The Balaban J connectivity index is 1.68. The molecular weight excluding hydrogens is 461 g/mol. The van der Waals surface area contributed by atoms with Crippen LogP contribution in [0.1, 0.15) is 25.1 Å². The van der Waals surface area contributed by atoms with Crippen molar-refractivity contribution in [1.29, 1.82) is 0 Å². The topological polar surface area (TPSA) is 110 Å². The first-order valence-electron chi connectivity index (χ1n) is 10.6. The zero-order chi connectivity index (χ0) is 24.7. The summed E-state index contributed by atoms with van der Waals surface area (Å²) in [4.78, 5) is 12.5. The number of benzene rings is 1. The molecule has 5 aromatic rings. The van der Waals surface area contributed by atoms with E-state index >= 15 is 0 Å². The first-order valence-corrected chi connectivity index (χ1v) is 10.6. The number of hydrogen-bond acceptors (Lipinski definition) is 7. The van der Waals surface area contributed by atoms with Crippen molar-refractivity contribution in [3.63, 3.8) is 0 Å². The van der Waals surface area contributed by atoms with E-state index in [0.717, 1.165) is 12.3 Å². The molecule has 0 spiro atoms. The van der Waals surface area contributed by atoms with E-state index in [1.807, 2.05) is 11.5 Å². The van der Waals surface area contributed by atoms with E-state index < -0.39 is 23.5 Å². The van der Waals surface area contributed by atoms with Gasteiger partial charge in [-0.1, -0.05) is 18.2 Å². The van der Waals surface area contributed by atoms with E-state index in [0.29, 0.717) is 34.3 Å². The van der Waals surface area contributed by atoms with Crippen molar-refractivity contribution >= 4 is 16.9 Å². The number of nitrogens with zero attached hydrogens (tertiary/aromatic N) is 7. The van der Waals surface area contributed by atoms with Gasteiger partial charge in [0.15, 0.2) is 11.6 Å². The van der Waals surface area contributed by atoms with Crippen LogP contribution in [-0.4, -0.2) is 41.6 Å². The molecule has 9 nitrogen and oxygen atoms in total. The second-order valence-electron chi connectivity index (χ2n) is 7.70. The highest BCUT2D eigenvalue weighted by molar-refractivity contribution is 6.01. The second kappa shape index (κ2) is 8.70. The lowest BCUT2D eigenvalue weighted by Crippen LogP contribution is -2.10. The molecule has 2 N–H and O–H groups in total. The van der Waals surface area contributed by atoms with Crippen molar-refractivity contribution in [3.8, 4) is 22.7 Å². The summed E-state index contributed by atoms with van der Waals surface area (Å²) in [5.74, 6) is -2.18. The molecule has 1 aromatic carbocycles. The van der Waals surface area contributed by atoms with Gasteiger partial charge in [0.25, 0.3) is 0 Å². The number of nitrogen functional groups attached to an aromatic ring is 1. The number of anilines is 1. The van der Waals surface area contributed by atoms with E-state index in [2.05, 4.69) is 25.3 Å². The molecule has 4 heterocycles. The fourth-order valence-electron chi connectivity index (χ4n) is 4.10. The molecule has 0 aliphatic rings. The average Bonchev–Trinajstić information content (AvgIpc) is 3.48. The lowest BCUT2D eigenvalue weighted by Gasteiger charge is -2.15. The summed E-state index contributed by atoms with van der Waals surface area (Å²) in [6, 6.07) is 4.69. The molecule has 35 heavy (non-hydrogen) atoms. The number of pyridine rings is 1. The maximum absolute atomic E-state index is 14.3. The average molecular weight is 480 g/mol. The predicted molar refractivity (Wildman–Crippen MR) is 121 cm³/mol. The number of hydrogen-bond donors (Lipinski definition) is 1. The van der Waals surface area contributed by atoms with Gasteiger partial charge in [-0.2, -0.15) is 0 Å². The molecule has 0 saturated heterocycles. The molecule has 0 aliphatic heterocycles. The van der Waals surface area contributed by atoms with Crippen LogP contribution < -0.4 is 10.5 Å². The molecule has 4 aromatic heterocycles. The molecule has 1 unspecified atom stereocenters. The van der Waals surface area contributed by atoms with Crippen LogP contribution in [0.2, 0.25) is 0 Å². The second-order valence-corrected chi connectivity index (χ2v) is 7.70. The van der Waals surface area contributed by atoms with Gasteiger partial charge >= 0.3 is 0 Å². The summed E-state index contributed by atoms with van der Waals surface area (Å²) in [5.41, 5.74) is 7.96. The maximum Gasteiger partial charge on any atom is 0.221 e. The van der Waals surface area contributed by atoms with Crippen LogP contribution in [0.3, 0.4) is 0 Å². The third-order valence-corrected chi connectivity index (χ3v) is 5.69. The standard InChI is InChI=1S/C23H19F3N8O/c1-3-17(16-10-34(32-31-16)18-6-4-5-15(25)20(18)26)33-9-14(19-21(27)29-11-30-22(19)33)13-7-12(24)8-28-23(13)35-2/h4-11,17H,3H2,1-2H3,(H2,27,29,30). The molecule has 178 valence electrons. The largest absolute Gasteiger partial charge is 0.481 e. The molecule has 12 heteroatoms. The molecule has 0 bridgehead atoms. The highest BCUT2D eigenvalue weighted by atomic mass is 19.2. The summed E-state index contributed by atoms with van der Waals surface area (Å²) < 4.78 is 50.5. The van der Waals surface area contributed by atoms with Crippen molar-refractivity contribution in [2.75, 3.05) is 12.8 Å². The highest BCUT2D eigenvalue weighted by Gasteiger charge is 2.25. The quantitative estimate of drug-likeness (QED) is 0.390. The number of methoxy groups -OCH3 is 1. The van der Waals surface area contributed by atoms with Crippen molar-refractivity contribution in [2.45, 2.75) is 19.4 Å². The van der Waals surface area contributed by atoms with E-state index in [9.17, 15) is 13.2 Å². The van der Waals surface area contributed by atoms with Gasteiger partial charge in [0.05, 0.1) is 30.9 Å². The van der Waals surface area contributed by atoms with Gasteiger partial charge in [-0.25, -0.2) is 32.8 Å². The number of aromatic nitrogens is 7. The Morgan fingerprint density at radius 1 is 1.09 bits per heavy atom. The van der Waals surface area contributed by atoms with Crippen LogP contribution in [-0.2, 0) is 0 Å². The van der Waals surface area contributed by atoms with E-state index in [-0.39, 0.29) is 17.4 Å². The van der Waals surface area contributed by atoms with Crippen LogP contribution in [0, 0.1) is 17.5 Å². The maximum atomic E-state index is 14.3. The van der Waals surface area contributed by atoms with Crippen molar-refractivity contribution in [2.24, 2.45) is 0 Å². The third kappa shape index (κ3) is 3.72. The minimum atomic E-state index is -1.03. The minimum absolute atomic E-state index is 0.0706. The summed E-state index contributed by atoms with van der Waals surface area (Å²) in [6.07, 6.45) is 6.18. The van der Waals surface area contributed by atoms with Crippen molar-refractivity contribution < 1.29 is 17.9 Å². The molecule has 0 fully saturated rings. The monoisotopic (exact) mass is 480 g/mol. The van der Waals surface area contributed by atoms with Gasteiger partial charge in [-0.3, -0.25) is 0 Å². The van der Waals surface area contributed by atoms with Gasteiger partial charge < -0.3 is 15.0 Å². The van der Waals surface area contributed by atoms with Crippen LogP contribution in [0.25, 0.3) is 27.8 Å². The smallest absolute Gasteiger partial charge is 0.221 e. The van der Waals surface area contributed by atoms with Gasteiger partial charge in [-0.05, 0) is 24.6 Å². The van der Waals surface area contributed by atoms with Crippen LogP contribution in [0.5, 0.6) is 5.88 Å². The normalized spacial score (nSPS) is 12.3. The highest BCUT2D eigenvalue weighted by Crippen LogP contribution is 2.39. The van der Waals surface area contributed by atoms with Crippen LogP contribution in [0.4, 0.5) is 19.0 Å². The number of rotatable bonds is 6. The molecule has 5 rings (SSSR count). The van der Waals surface area contributed by atoms with E-state index in [1.165, 1.54) is 42.5 Å². The van der Waals surface area contributed by atoms with Crippen LogP contribution >= 0.6 is 0 Å². The van der Waals surface area contributed by atoms with E-state index in [1.54, 1.807) is 6.20 Å². The van der Waals surface area contributed by atoms with Gasteiger partial charge in [0.1, 0.15) is 35.0 Å². The third-order valence-electron chi connectivity index (χ3n) is 5.69. The Labute approximate surface area is 197 Å². The Bertz CT molecular complexity index is 1550. The zero-order valence-electron chi connectivity index (χ0n) is 18.7. The fourth-order valence-corrected chi connectivity index (χ4v) is 4.10. The SMILES string of the molecule is CCC(c1cn(-c2cccc(F)c2F)nn1)n1cc(-c2cc(F)cnc2OC)c2c(N)ncnc21. The zero-order valence-corrected chi connectivity index (χ0v) is 18.7. The summed E-state index contributed by atoms with van der Waals surface area (Å²) in [6.45, 7) is 1.92. The van der Waals surface area contributed by atoms with Crippen molar-refractivity contribution in [1.82, 2.24) is 34.5 Å². The van der Waals surface area contributed by atoms with Crippen LogP contribution in [0.15, 0.2) is 49.2 Å². The van der Waals surface area contributed by atoms with Gasteiger partial charge in [0.2, 0.25) is 5.88 Å². The first kappa shape index (κ1) is 22.3. The number of halogens is 3.